The normalized spacial score (nSPS) is 18.0. The molecular formula is C25H32N4O. The van der Waals surface area contributed by atoms with E-state index in [1.54, 1.807) is 0 Å². The van der Waals surface area contributed by atoms with Crippen LogP contribution in [0.2, 0.25) is 0 Å². The lowest BCUT2D eigenvalue weighted by Crippen LogP contribution is -2.46. The Labute approximate surface area is 178 Å². The van der Waals surface area contributed by atoms with Crippen molar-refractivity contribution in [2.45, 2.75) is 58.4 Å². The number of hydrogen-bond donors (Lipinski definition) is 3. The summed E-state index contributed by atoms with van der Waals surface area (Å²) in [4.78, 5) is 20.8. The van der Waals surface area contributed by atoms with Crippen molar-refractivity contribution in [2.75, 3.05) is 13.1 Å². The van der Waals surface area contributed by atoms with Crippen LogP contribution in [0.25, 0.3) is 22.2 Å². The second kappa shape index (κ2) is 8.60. The van der Waals surface area contributed by atoms with E-state index >= 15 is 0 Å². The number of H-pyrrole nitrogens is 1. The number of nitrogens with one attached hydrogen (secondary N) is 3. The van der Waals surface area contributed by atoms with Gasteiger partial charge in [0, 0.05) is 40.9 Å². The second-order valence-electron chi connectivity index (χ2n) is 8.83. The molecule has 2 unspecified atom stereocenters. The number of aromatic amines is 1. The van der Waals surface area contributed by atoms with E-state index in [2.05, 4.69) is 64.8 Å². The summed E-state index contributed by atoms with van der Waals surface area (Å²) in [6, 6.07) is 10.8. The van der Waals surface area contributed by atoms with Gasteiger partial charge in [0.1, 0.15) is 0 Å². The zero-order chi connectivity index (χ0) is 21.3. The molecule has 1 fully saturated rings. The van der Waals surface area contributed by atoms with Crippen LogP contribution in [-0.2, 0) is 4.79 Å². The van der Waals surface area contributed by atoms with Crippen molar-refractivity contribution in [3.8, 4) is 11.3 Å². The Bertz CT molecular complexity index is 1050. The lowest BCUT2D eigenvalue weighted by molar-refractivity contribution is -0.123. The summed E-state index contributed by atoms with van der Waals surface area (Å²) in [6.45, 7) is 10.4. The molecule has 1 saturated heterocycles. The SMILES string of the molecule is Cc1cc(-c2[nH]c3ccc(C(C)C(=O)NC4CCCNC4)cc3c2C(C)C)ccn1. The number of pyridine rings is 1. The van der Waals surface area contributed by atoms with E-state index in [-0.39, 0.29) is 17.9 Å². The first-order valence-electron chi connectivity index (χ1n) is 11.0. The Morgan fingerprint density at radius 1 is 1.20 bits per heavy atom. The zero-order valence-electron chi connectivity index (χ0n) is 18.4. The molecule has 158 valence electrons. The molecule has 1 aliphatic heterocycles. The van der Waals surface area contributed by atoms with Crippen molar-refractivity contribution in [3.05, 3.63) is 53.3 Å². The van der Waals surface area contributed by atoms with E-state index in [0.717, 1.165) is 54.0 Å². The summed E-state index contributed by atoms with van der Waals surface area (Å²) in [7, 11) is 0. The van der Waals surface area contributed by atoms with E-state index in [1.165, 1.54) is 10.9 Å². The molecule has 5 nitrogen and oxygen atoms in total. The van der Waals surface area contributed by atoms with Gasteiger partial charge in [-0.05, 0) is 74.5 Å². The summed E-state index contributed by atoms with van der Waals surface area (Å²) in [5, 5.41) is 7.79. The number of carbonyl (C=O) groups excluding carboxylic acids is 1. The summed E-state index contributed by atoms with van der Waals surface area (Å²) in [5.41, 5.74) is 6.76. The molecule has 2 aromatic heterocycles. The van der Waals surface area contributed by atoms with Crippen LogP contribution >= 0.6 is 0 Å². The van der Waals surface area contributed by atoms with Gasteiger partial charge in [0.15, 0.2) is 0 Å². The maximum atomic E-state index is 12.9. The number of aryl methyl sites for hydroxylation is 1. The molecule has 0 aliphatic carbocycles. The largest absolute Gasteiger partial charge is 0.354 e. The van der Waals surface area contributed by atoms with Crippen LogP contribution < -0.4 is 10.6 Å². The topological polar surface area (TPSA) is 69.8 Å². The molecule has 4 rings (SSSR count). The number of fused-ring (bicyclic) bond motifs is 1. The number of nitrogens with zero attached hydrogens (tertiary/aromatic N) is 1. The average Bonchev–Trinajstić information content (AvgIpc) is 3.13. The van der Waals surface area contributed by atoms with Crippen LogP contribution in [0.15, 0.2) is 36.5 Å². The van der Waals surface area contributed by atoms with Gasteiger partial charge in [-0.3, -0.25) is 9.78 Å². The summed E-state index contributed by atoms with van der Waals surface area (Å²) >= 11 is 0. The molecule has 3 heterocycles. The lowest BCUT2D eigenvalue weighted by atomic mass is 9.93. The highest BCUT2D eigenvalue weighted by atomic mass is 16.1. The van der Waals surface area contributed by atoms with Crippen molar-refractivity contribution >= 4 is 16.8 Å². The molecule has 1 aliphatic rings. The monoisotopic (exact) mass is 404 g/mol. The third kappa shape index (κ3) is 4.12. The standard InChI is InChI=1S/C25H32N4O/c1-15(2)23-21-13-18(17(4)25(30)28-20-6-5-10-26-14-20)7-8-22(21)29-24(23)19-9-11-27-16(3)12-19/h7-9,11-13,15,17,20,26,29H,5-6,10,14H2,1-4H3,(H,28,30). The average molecular weight is 405 g/mol. The lowest BCUT2D eigenvalue weighted by Gasteiger charge is -2.25. The van der Waals surface area contributed by atoms with Crippen LogP contribution in [0.1, 0.15) is 62.3 Å². The molecule has 1 aromatic carbocycles. The predicted octanol–water partition coefficient (Wildman–Crippen LogP) is 4.63. The second-order valence-corrected chi connectivity index (χ2v) is 8.83. The van der Waals surface area contributed by atoms with Crippen LogP contribution in [-0.4, -0.2) is 35.0 Å². The van der Waals surface area contributed by atoms with Crippen molar-refractivity contribution in [3.63, 3.8) is 0 Å². The first kappa shape index (κ1) is 20.6. The smallest absolute Gasteiger partial charge is 0.227 e. The maximum absolute atomic E-state index is 12.9. The van der Waals surface area contributed by atoms with E-state index in [9.17, 15) is 4.79 Å². The van der Waals surface area contributed by atoms with Gasteiger partial charge in [0.2, 0.25) is 5.91 Å². The third-order valence-electron chi connectivity index (χ3n) is 6.16. The zero-order valence-corrected chi connectivity index (χ0v) is 18.4. The number of rotatable bonds is 5. The van der Waals surface area contributed by atoms with Crippen LogP contribution in [0, 0.1) is 6.92 Å². The maximum Gasteiger partial charge on any atom is 0.227 e. The minimum Gasteiger partial charge on any atom is -0.354 e. The molecule has 2 atom stereocenters. The Hall–Kier alpha value is -2.66. The predicted molar refractivity (Wildman–Crippen MR) is 123 cm³/mol. The third-order valence-corrected chi connectivity index (χ3v) is 6.16. The molecule has 3 N–H and O–H groups in total. The van der Waals surface area contributed by atoms with Crippen molar-refractivity contribution < 1.29 is 4.79 Å². The van der Waals surface area contributed by atoms with Gasteiger partial charge < -0.3 is 15.6 Å². The number of amides is 1. The molecule has 5 heteroatoms. The van der Waals surface area contributed by atoms with Gasteiger partial charge in [0.25, 0.3) is 0 Å². The van der Waals surface area contributed by atoms with Gasteiger partial charge in [-0.2, -0.15) is 0 Å². The van der Waals surface area contributed by atoms with Crippen LogP contribution in [0.3, 0.4) is 0 Å². The van der Waals surface area contributed by atoms with Gasteiger partial charge in [-0.15, -0.1) is 0 Å². The Balaban J connectivity index is 1.67. The molecule has 30 heavy (non-hydrogen) atoms. The highest BCUT2D eigenvalue weighted by molar-refractivity contribution is 5.93. The van der Waals surface area contributed by atoms with E-state index < -0.39 is 0 Å². The first-order chi connectivity index (χ1) is 14.4. The van der Waals surface area contributed by atoms with Crippen LogP contribution in [0.4, 0.5) is 0 Å². The molecule has 3 aromatic rings. The van der Waals surface area contributed by atoms with E-state index in [4.69, 9.17) is 0 Å². The highest BCUT2D eigenvalue weighted by Crippen LogP contribution is 2.37. The van der Waals surface area contributed by atoms with Gasteiger partial charge >= 0.3 is 0 Å². The quantitative estimate of drug-likeness (QED) is 0.580. The molecule has 0 spiro atoms. The molecule has 1 amide bonds. The minimum atomic E-state index is -0.183. The minimum absolute atomic E-state index is 0.106. The number of aromatic nitrogens is 2. The van der Waals surface area contributed by atoms with Crippen molar-refractivity contribution in [1.29, 1.82) is 0 Å². The molecule has 0 saturated carbocycles. The van der Waals surface area contributed by atoms with Gasteiger partial charge in [-0.1, -0.05) is 19.9 Å². The van der Waals surface area contributed by atoms with Crippen LogP contribution in [0.5, 0.6) is 0 Å². The first-order valence-corrected chi connectivity index (χ1v) is 11.0. The fraction of sp³-hybridized carbons (Fsp3) is 0.440. The number of benzene rings is 1. The summed E-state index contributed by atoms with van der Waals surface area (Å²) in [6.07, 6.45) is 4.02. The Kier molecular flexibility index (Phi) is 5.91. The van der Waals surface area contributed by atoms with E-state index in [0.29, 0.717) is 5.92 Å². The number of piperidine rings is 1. The summed E-state index contributed by atoms with van der Waals surface area (Å²) in [5.74, 6) is 0.280. The Morgan fingerprint density at radius 2 is 2.03 bits per heavy atom. The molecule has 0 radical (unpaired) electrons. The van der Waals surface area contributed by atoms with Crippen molar-refractivity contribution in [2.24, 2.45) is 0 Å². The number of hydrogen-bond acceptors (Lipinski definition) is 3. The molecular weight excluding hydrogens is 372 g/mol. The summed E-state index contributed by atoms with van der Waals surface area (Å²) < 4.78 is 0. The Morgan fingerprint density at radius 3 is 2.73 bits per heavy atom. The van der Waals surface area contributed by atoms with Gasteiger partial charge in [0.05, 0.1) is 11.6 Å². The fourth-order valence-corrected chi connectivity index (χ4v) is 4.48. The molecule has 0 bridgehead atoms. The number of carbonyl (C=O) groups is 1. The highest BCUT2D eigenvalue weighted by Gasteiger charge is 2.22. The van der Waals surface area contributed by atoms with Gasteiger partial charge in [-0.25, -0.2) is 0 Å². The van der Waals surface area contributed by atoms with Crippen molar-refractivity contribution in [1.82, 2.24) is 20.6 Å². The van der Waals surface area contributed by atoms with E-state index in [1.807, 2.05) is 20.0 Å². The fourth-order valence-electron chi connectivity index (χ4n) is 4.48.